The third-order valence-electron chi connectivity index (χ3n) is 3.84. The van der Waals surface area contributed by atoms with E-state index in [4.69, 9.17) is 20.6 Å². The second-order valence-electron chi connectivity index (χ2n) is 5.37. The van der Waals surface area contributed by atoms with Crippen molar-refractivity contribution in [2.75, 3.05) is 18.9 Å². The molecule has 24 heavy (non-hydrogen) atoms. The van der Waals surface area contributed by atoms with Gasteiger partial charge in [0.25, 0.3) is 0 Å². The van der Waals surface area contributed by atoms with Gasteiger partial charge in [0.05, 0.1) is 5.71 Å². The molecule has 4 rings (SSSR count). The van der Waals surface area contributed by atoms with E-state index in [2.05, 4.69) is 15.2 Å². The summed E-state index contributed by atoms with van der Waals surface area (Å²) in [6.45, 7) is 1.04. The molecule has 7 heteroatoms. The Morgan fingerprint density at radius 3 is 2.71 bits per heavy atom. The highest BCUT2D eigenvalue weighted by Crippen LogP contribution is 2.32. The first kappa shape index (κ1) is 14.3. The molecule has 120 valence electrons. The maximum absolute atomic E-state index is 8.53. The number of nitrogens with zero attached hydrogens (tertiary/aromatic N) is 2. The van der Waals surface area contributed by atoms with Crippen molar-refractivity contribution in [2.45, 2.75) is 0 Å². The van der Waals surface area contributed by atoms with Crippen LogP contribution in [0.1, 0.15) is 11.1 Å². The van der Waals surface area contributed by atoms with Crippen LogP contribution in [0.25, 0.3) is 11.4 Å². The van der Waals surface area contributed by atoms with Gasteiger partial charge >= 0.3 is 0 Å². The van der Waals surface area contributed by atoms with Crippen molar-refractivity contribution in [1.29, 1.82) is 5.41 Å². The third kappa shape index (κ3) is 2.45. The summed E-state index contributed by atoms with van der Waals surface area (Å²) in [6, 6.07) is 10.9. The number of hydrogen-bond donors (Lipinski definition) is 3. The van der Waals surface area contributed by atoms with Crippen LogP contribution in [0.3, 0.4) is 0 Å². The van der Waals surface area contributed by atoms with Crippen LogP contribution in [0.4, 0.5) is 5.69 Å². The van der Waals surface area contributed by atoms with Crippen LogP contribution in [0.15, 0.2) is 42.7 Å². The van der Waals surface area contributed by atoms with E-state index in [-0.39, 0.29) is 0 Å². The van der Waals surface area contributed by atoms with E-state index in [0.29, 0.717) is 53.1 Å². The molecule has 0 radical (unpaired) electrons. The standard InChI is InChI=1S/C17H15N5O2/c18-13-3-1-11(17-20-9-21-22-17)7-12(13)16(19)10-2-4-14-15(8-10)24-6-5-23-14/h1-4,7-9,19H,5-6,18H2,(H,20,21,22). The first-order chi connectivity index (χ1) is 11.7. The summed E-state index contributed by atoms with van der Waals surface area (Å²) in [7, 11) is 0. The van der Waals surface area contributed by atoms with Crippen LogP contribution >= 0.6 is 0 Å². The Hall–Kier alpha value is -3.35. The van der Waals surface area contributed by atoms with Gasteiger partial charge in [-0.1, -0.05) is 0 Å². The van der Waals surface area contributed by atoms with Crippen LogP contribution in [0.2, 0.25) is 0 Å². The van der Waals surface area contributed by atoms with E-state index in [0.717, 1.165) is 5.56 Å². The number of benzene rings is 2. The van der Waals surface area contributed by atoms with Crippen molar-refractivity contribution in [3.63, 3.8) is 0 Å². The molecule has 0 saturated carbocycles. The number of ether oxygens (including phenoxy) is 2. The Bertz CT molecular complexity index is 905. The Morgan fingerprint density at radius 2 is 1.92 bits per heavy atom. The van der Waals surface area contributed by atoms with Gasteiger partial charge in [-0.3, -0.25) is 10.5 Å². The molecule has 0 aliphatic carbocycles. The zero-order chi connectivity index (χ0) is 16.5. The number of aromatic nitrogens is 3. The summed E-state index contributed by atoms with van der Waals surface area (Å²) in [6.07, 6.45) is 1.44. The number of nitrogen functional groups attached to an aromatic ring is 1. The summed E-state index contributed by atoms with van der Waals surface area (Å²) in [5.74, 6) is 1.97. The number of aromatic amines is 1. The normalized spacial score (nSPS) is 12.8. The van der Waals surface area contributed by atoms with Gasteiger partial charge in [-0.2, -0.15) is 5.10 Å². The largest absolute Gasteiger partial charge is 0.486 e. The predicted molar refractivity (Wildman–Crippen MR) is 89.6 cm³/mol. The van der Waals surface area contributed by atoms with E-state index >= 15 is 0 Å². The molecule has 2 aromatic carbocycles. The van der Waals surface area contributed by atoms with E-state index in [1.807, 2.05) is 24.3 Å². The fourth-order valence-electron chi connectivity index (χ4n) is 2.62. The maximum Gasteiger partial charge on any atom is 0.162 e. The van der Waals surface area contributed by atoms with Crippen LogP contribution in [0.5, 0.6) is 11.5 Å². The highest BCUT2D eigenvalue weighted by atomic mass is 16.6. The molecule has 1 aromatic heterocycles. The van der Waals surface area contributed by atoms with Crippen molar-refractivity contribution in [1.82, 2.24) is 15.2 Å². The van der Waals surface area contributed by atoms with Gasteiger partial charge in [0, 0.05) is 22.4 Å². The molecular weight excluding hydrogens is 306 g/mol. The molecule has 0 amide bonds. The predicted octanol–water partition coefficient (Wildman–Crippen LogP) is 2.24. The molecule has 0 bridgehead atoms. The van der Waals surface area contributed by atoms with Gasteiger partial charge in [0.1, 0.15) is 19.5 Å². The van der Waals surface area contributed by atoms with Crippen LogP contribution in [-0.2, 0) is 0 Å². The van der Waals surface area contributed by atoms with Gasteiger partial charge in [0.15, 0.2) is 17.3 Å². The average Bonchev–Trinajstić information content (AvgIpc) is 3.16. The maximum atomic E-state index is 8.53. The van der Waals surface area contributed by atoms with Crippen molar-refractivity contribution < 1.29 is 9.47 Å². The third-order valence-corrected chi connectivity index (χ3v) is 3.84. The monoisotopic (exact) mass is 321 g/mol. The Morgan fingerprint density at radius 1 is 1.08 bits per heavy atom. The number of rotatable bonds is 3. The quantitative estimate of drug-likeness (QED) is 0.506. The lowest BCUT2D eigenvalue weighted by atomic mass is 9.98. The number of nitrogens with two attached hydrogens (primary N) is 1. The Labute approximate surface area is 138 Å². The van der Waals surface area contributed by atoms with Crippen molar-refractivity contribution in [2.24, 2.45) is 0 Å². The van der Waals surface area contributed by atoms with Gasteiger partial charge < -0.3 is 15.2 Å². The molecule has 4 N–H and O–H groups in total. The highest BCUT2D eigenvalue weighted by molar-refractivity contribution is 6.14. The van der Waals surface area contributed by atoms with E-state index in [9.17, 15) is 0 Å². The Balaban J connectivity index is 1.73. The van der Waals surface area contributed by atoms with E-state index in [1.54, 1.807) is 12.1 Å². The Kier molecular flexibility index (Phi) is 3.38. The minimum Gasteiger partial charge on any atom is -0.486 e. The molecule has 1 aliphatic heterocycles. The van der Waals surface area contributed by atoms with Gasteiger partial charge in [-0.05, 0) is 36.4 Å². The lowest BCUT2D eigenvalue weighted by Crippen LogP contribution is -2.16. The molecule has 2 heterocycles. The van der Waals surface area contributed by atoms with Crippen LogP contribution in [0, 0.1) is 5.41 Å². The van der Waals surface area contributed by atoms with Crippen molar-refractivity contribution in [3.05, 3.63) is 53.9 Å². The average molecular weight is 321 g/mol. The van der Waals surface area contributed by atoms with E-state index < -0.39 is 0 Å². The summed E-state index contributed by atoms with van der Waals surface area (Å²) >= 11 is 0. The topological polar surface area (TPSA) is 110 Å². The molecular formula is C17H15N5O2. The van der Waals surface area contributed by atoms with Crippen molar-refractivity contribution >= 4 is 11.4 Å². The lowest BCUT2D eigenvalue weighted by molar-refractivity contribution is 0.171. The summed E-state index contributed by atoms with van der Waals surface area (Å²) in [5, 5.41) is 15.2. The molecule has 0 fully saturated rings. The minimum absolute atomic E-state index is 0.311. The first-order valence-electron chi connectivity index (χ1n) is 7.46. The number of H-pyrrole nitrogens is 1. The summed E-state index contributed by atoms with van der Waals surface area (Å²) < 4.78 is 11.1. The molecule has 0 spiro atoms. The van der Waals surface area contributed by atoms with Gasteiger partial charge in [0.2, 0.25) is 0 Å². The van der Waals surface area contributed by atoms with E-state index in [1.165, 1.54) is 6.33 Å². The van der Waals surface area contributed by atoms with Gasteiger partial charge in [-0.25, -0.2) is 4.98 Å². The van der Waals surface area contributed by atoms with Crippen LogP contribution < -0.4 is 15.2 Å². The van der Waals surface area contributed by atoms with Gasteiger partial charge in [-0.15, -0.1) is 0 Å². The first-order valence-corrected chi connectivity index (χ1v) is 7.46. The van der Waals surface area contributed by atoms with Crippen molar-refractivity contribution in [3.8, 4) is 22.9 Å². The minimum atomic E-state index is 0.311. The zero-order valence-electron chi connectivity index (χ0n) is 12.7. The fourth-order valence-corrected chi connectivity index (χ4v) is 2.62. The number of nitrogens with one attached hydrogen (secondary N) is 2. The number of fused-ring (bicyclic) bond motifs is 1. The second-order valence-corrected chi connectivity index (χ2v) is 5.37. The lowest BCUT2D eigenvalue weighted by Gasteiger charge is -2.19. The molecule has 7 nitrogen and oxygen atoms in total. The second kappa shape index (κ2) is 5.69. The molecule has 3 aromatic rings. The molecule has 0 unspecified atom stereocenters. The summed E-state index contributed by atoms with van der Waals surface area (Å²) in [4.78, 5) is 4.13. The smallest absolute Gasteiger partial charge is 0.162 e. The molecule has 0 atom stereocenters. The fraction of sp³-hybridized carbons (Fsp3) is 0.118. The number of hydrogen-bond acceptors (Lipinski definition) is 6. The van der Waals surface area contributed by atoms with Crippen LogP contribution in [-0.4, -0.2) is 34.1 Å². The highest BCUT2D eigenvalue weighted by Gasteiger charge is 2.16. The molecule has 1 aliphatic rings. The molecule has 0 saturated heterocycles. The summed E-state index contributed by atoms with van der Waals surface area (Å²) in [5.41, 5.74) is 9.07. The number of anilines is 1. The zero-order valence-corrected chi connectivity index (χ0v) is 12.7. The SMILES string of the molecule is N=C(c1ccc2c(c1)OCCO2)c1cc(-c2ncn[nH]2)ccc1N.